The molecule has 0 saturated carbocycles. The number of oxazole rings is 1. The summed E-state index contributed by atoms with van der Waals surface area (Å²) in [6, 6.07) is 31.7. The number of anilines is 1. The van der Waals surface area contributed by atoms with Crippen molar-refractivity contribution in [1.82, 2.24) is 4.98 Å². The van der Waals surface area contributed by atoms with Gasteiger partial charge in [-0.1, -0.05) is 84.9 Å². The first-order valence-electron chi connectivity index (χ1n) is 13.1. The molecule has 0 bridgehead atoms. The van der Waals surface area contributed by atoms with E-state index < -0.39 is 17.6 Å². The maximum atomic E-state index is 13.1. The van der Waals surface area contributed by atoms with E-state index in [1.54, 1.807) is 18.2 Å². The van der Waals surface area contributed by atoms with Gasteiger partial charge in [-0.25, -0.2) is 4.98 Å². The second-order valence-corrected chi connectivity index (χ2v) is 9.79. The standard InChI is InChI=1S/C34H23F3N2O3/c1-20(40)38-33-30(24-15-17-27(18-16-24)34(35,36)37)39-32(42-33)29-8-4-7-28(31(29)41)23-12-9-22(10-13-23)26-14-11-21-5-2-3-6-25(21)19-26/h2-19,41H,1H3,(H,38,40). The lowest BCUT2D eigenvalue weighted by Crippen LogP contribution is -2.06. The van der Waals surface area contributed by atoms with Crippen LogP contribution < -0.4 is 5.32 Å². The van der Waals surface area contributed by atoms with Gasteiger partial charge in [0, 0.05) is 18.1 Å². The summed E-state index contributed by atoms with van der Waals surface area (Å²) in [5.74, 6) is -0.580. The number of hydrogen-bond donors (Lipinski definition) is 2. The van der Waals surface area contributed by atoms with Crippen molar-refractivity contribution in [1.29, 1.82) is 0 Å². The number of rotatable bonds is 5. The van der Waals surface area contributed by atoms with Crippen LogP contribution >= 0.6 is 0 Å². The third-order valence-electron chi connectivity index (χ3n) is 6.95. The molecular formula is C34H23F3N2O3. The Bertz CT molecular complexity index is 1930. The predicted molar refractivity (Wildman–Crippen MR) is 157 cm³/mol. The van der Waals surface area contributed by atoms with E-state index in [0.29, 0.717) is 11.1 Å². The van der Waals surface area contributed by atoms with Gasteiger partial charge in [-0.3, -0.25) is 10.1 Å². The summed E-state index contributed by atoms with van der Waals surface area (Å²) in [6.45, 7) is 1.28. The number of carbonyl (C=O) groups excluding carboxylic acids is 1. The molecule has 6 rings (SSSR count). The highest BCUT2D eigenvalue weighted by atomic mass is 19.4. The Kier molecular flexibility index (Phi) is 6.74. The smallest absolute Gasteiger partial charge is 0.416 e. The Balaban J connectivity index is 1.35. The quantitative estimate of drug-likeness (QED) is 0.219. The highest BCUT2D eigenvalue weighted by Crippen LogP contribution is 2.41. The lowest BCUT2D eigenvalue weighted by molar-refractivity contribution is -0.137. The minimum atomic E-state index is -4.49. The van der Waals surface area contributed by atoms with Gasteiger partial charge >= 0.3 is 6.18 Å². The van der Waals surface area contributed by atoms with Crippen LogP contribution in [0.15, 0.2) is 114 Å². The predicted octanol–water partition coefficient (Wildman–Crippen LogP) is 9.18. The number of alkyl halides is 3. The number of benzene rings is 5. The van der Waals surface area contributed by atoms with Crippen LogP contribution in [-0.4, -0.2) is 16.0 Å². The van der Waals surface area contributed by atoms with E-state index >= 15 is 0 Å². The number of aromatic nitrogens is 1. The molecule has 6 aromatic rings. The molecule has 1 aromatic heterocycles. The summed E-state index contributed by atoms with van der Waals surface area (Å²) in [5.41, 5.74) is 3.28. The fraction of sp³-hybridized carbons (Fsp3) is 0.0588. The first-order chi connectivity index (χ1) is 20.2. The van der Waals surface area contributed by atoms with Crippen molar-refractivity contribution in [3.63, 3.8) is 0 Å². The fourth-order valence-electron chi connectivity index (χ4n) is 4.85. The van der Waals surface area contributed by atoms with Crippen molar-refractivity contribution >= 4 is 22.6 Å². The summed E-state index contributed by atoms with van der Waals surface area (Å²) in [6.07, 6.45) is -4.49. The van der Waals surface area contributed by atoms with Gasteiger partial charge in [-0.15, -0.1) is 0 Å². The maximum absolute atomic E-state index is 13.1. The number of carbonyl (C=O) groups is 1. The van der Waals surface area contributed by atoms with Gasteiger partial charge in [0.1, 0.15) is 11.4 Å². The minimum Gasteiger partial charge on any atom is -0.506 e. The molecule has 0 atom stereocenters. The third-order valence-corrected chi connectivity index (χ3v) is 6.95. The van der Waals surface area contributed by atoms with Gasteiger partial charge in [0.05, 0.1) is 11.1 Å². The Morgan fingerprint density at radius 2 is 1.36 bits per heavy atom. The van der Waals surface area contributed by atoms with Crippen LogP contribution in [0.4, 0.5) is 19.1 Å². The number of amides is 1. The molecular weight excluding hydrogens is 541 g/mol. The third kappa shape index (κ3) is 5.22. The fourth-order valence-corrected chi connectivity index (χ4v) is 4.85. The summed E-state index contributed by atoms with van der Waals surface area (Å²) in [7, 11) is 0. The molecule has 5 aromatic carbocycles. The largest absolute Gasteiger partial charge is 0.506 e. The molecule has 0 unspecified atom stereocenters. The minimum absolute atomic E-state index is 0.000724. The van der Waals surface area contributed by atoms with Gasteiger partial charge in [0.2, 0.25) is 17.7 Å². The van der Waals surface area contributed by atoms with Gasteiger partial charge in [-0.05, 0) is 51.7 Å². The second-order valence-electron chi connectivity index (χ2n) is 9.79. The molecule has 8 heteroatoms. The van der Waals surface area contributed by atoms with Crippen molar-refractivity contribution in [3.8, 4) is 50.7 Å². The first kappa shape index (κ1) is 26.8. The maximum Gasteiger partial charge on any atom is 0.416 e. The topological polar surface area (TPSA) is 75.4 Å². The van der Waals surface area contributed by atoms with Crippen molar-refractivity contribution < 1.29 is 27.5 Å². The van der Waals surface area contributed by atoms with Crippen LogP contribution in [0.3, 0.4) is 0 Å². The molecule has 0 aliphatic carbocycles. The first-order valence-corrected chi connectivity index (χ1v) is 13.1. The summed E-state index contributed by atoms with van der Waals surface area (Å²) in [5, 5.41) is 16.1. The molecule has 0 spiro atoms. The number of nitrogens with one attached hydrogen (secondary N) is 1. The molecule has 42 heavy (non-hydrogen) atoms. The van der Waals surface area contributed by atoms with Gasteiger partial charge in [0.15, 0.2) is 0 Å². The van der Waals surface area contributed by atoms with Crippen LogP contribution in [0.5, 0.6) is 5.75 Å². The summed E-state index contributed by atoms with van der Waals surface area (Å²) < 4.78 is 45.0. The average Bonchev–Trinajstić information content (AvgIpc) is 3.39. The van der Waals surface area contributed by atoms with Crippen LogP contribution in [0.25, 0.3) is 55.7 Å². The van der Waals surface area contributed by atoms with E-state index in [1.807, 2.05) is 36.4 Å². The van der Waals surface area contributed by atoms with E-state index in [4.69, 9.17) is 4.42 Å². The average molecular weight is 565 g/mol. The lowest BCUT2D eigenvalue weighted by atomic mass is 9.97. The van der Waals surface area contributed by atoms with Crippen molar-refractivity contribution in [2.24, 2.45) is 0 Å². The van der Waals surface area contributed by atoms with Crippen molar-refractivity contribution in [2.45, 2.75) is 13.1 Å². The van der Waals surface area contributed by atoms with Crippen molar-refractivity contribution in [3.05, 3.63) is 115 Å². The molecule has 1 amide bonds. The lowest BCUT2D eigenvalue weighted by Gasteiger charge is -2.10. The number of nitrogens with zero attached hydrogens (tertiary/aromatic N) is 1. The molecule has 208 valence electrons. The molecule has 1 heterocycles. The van der Waals surface area contributed by atoms with Gasteiger partial charge in [0.25, 0.3) is 0 Å². The SMILES string of the molecule is CC(=O)Nc1oc(-c2cccc(-c3ccc(-c4ccc5ccccc5c4)cc3)c2O)nc1-c1ccc(C(F)(F)F)cc1. The van der Waals surface area contributed by atoms with Crippen LogP contribution in [0, 0.1) is 0 Å². The Hall–Kier alpha value is -5.37. The zero-order valence-electron chi connectivity index (χ0n) is 22.2. The number of halogens is 3. The number of aromatic hydroxyl groups is 1. The monoisotopic (exact) mass is 564 g/mol. The molecule has 5 nitrogen and oxygen atoms in total. The molecule has 0 aliphatic rings. The van der Waals surface area contributed by atoms with E-state index in [0.717, 1.165) is 39.6 Å². The Morgan fingerprint density at radius 1 is 0.738 bits per heavy atom. The highest BCUT2D eigenvalue weighted by molar-refractivity contribution is 5.92. The zero-order valence-corrected chi connectivity index (χ0v) is 22.2. The molecule has 2 N–H and O–H groups in total. The number of para-hydroxylation sites is 1. The Labute approximate surface area is 238 Å². The normalized spacial score (nSPS) is 11.5. The molecule has 0 aliphatic heterocycles. The van der Waals surface area contributed by atoms with Crippen molar-refractivity contribution in [2.75, 3.05) is 5.32 Å². The second kappa shape index (κ2) is 10.6. The van der Waals surface area contributed by atoms with Crippen LogP contribution in [0.2, 0.25) is 0 Å². The number of fused-ring (bicyclic) bond motifs is 1. The van der Waals surface area contributed by atoms with E-state index in [9.17, 15) is 23.1 Å². The van der Waals surface area contributed by atoms with E-state index in [1.165, 1.54) is 19.1 Å². The molecule has 0 saturated heterocycles. The van der Waals surface area contributed by atoms with Crippen LogP contribution in [0.1, 0.15) is 12.5 Å². The number of phenolic OH excluding ortho intramolecular Hbond substituents is 1. The highest BCUT2D eigenvalue weighted by Gasteiger charge is 2.30. The molecule has 0 radical (unpaired) electrons. The van der Waals surface area contributed by atoms with Crippen LogP contribution in [-0.2, 0) is 11.0 Å². The molecule has 0 fully saturated rings. The van der Waals surface area contributed by atoms with E-state index in [-0.39, 0.29) is 28.8 Å². The summed E-state index contributed by atoms with van der Waals surface area (Å²) in [4.78, 5) is 16.3. The summed E-state index contributed by atoms with van der Waals surface area (Å²) >= 11 is 0. The number of hydrogen-bond acceptors (Lipinski definition) is 4. The van der Waals surface area contributed by atoms with E-state index in [2.05, 4.69) is 40.6 Å². The zero-order chi connectivity index (χ0) is 29.4. The Morgan fingerprint density at radius 3 is 2.05 bits per heavy atom. The van der Waals surface area contributed by atoms with Gasteiger partial charge in [-0.2, -0.15) is 13.2 Å². The number of phenols is 1. The van der Waals surface area contributed by atoms with Gasteiger partial charge < -0.3 is 9.52 Å².